The number of hydrogen-bond donors (Lipinski definition) is 2. The molecule has 0 radical (unpaired) electrons. The van der Waals surface area contributed by atoms with Gasteiger partial charge in [0, 0.05) is 6.54 Å². The first kappa shape index (κ1) is 11.5. The highest BCUT2D eigenvalue weighted by atomic mass is 19.1. The second-order valence-electron chi connectivity index (χ2n) is 4.93. The molecule has 4 nitrogen and oxygen atoms in total. The molecule has 3 rings (SSSR count). The highest BCUT2D eigenvalue weighted by molar-refractivity contribution is 5.77. The number of aromatic amines is 1. The number of halogens is 1. The fourth-order valence-corrected chi connectivity index (χ4v) is 2.65. The van der Waals surface area contributed by atoms with E-state index in [0.29, 0.717) is 11.4 Å². The molecule has 2 aromatic rings. The molecule has 1 saturated heterocycles. The number of hydrogen-bond acceptors (Lipinski definition) is 3. The average Bonchev–Trinajstić information content (AvgIpc) is 2.91. The molecular weight excluding hydrogens is 233 g/mol. The summed E-state index contributed by atoms with van der Waals surface area (Å²) >= 11 is 0. The van der Waals surface area contributed by atoms with E-state index in [-0.39, 0.29) is 18.5 Å². The van der Waals surface area contributed by atoms with Crippen LogP contribution in [0.1, 0.15) is 13.3 Å². The third-order valence-corrected chi connectivity index (χ3v) is 3.77. The van der Waals surface area contributed by atoms with Crippen LogP contribution in [0.15, 0.2) is 18.2 Å². The molecule has 18 heavy (non-hydrogen) atoms. The molecule has 2 unspecified atom stereocenters. The third kappa shape index (κ3) is 1.75. The van der Waals surface area contributed by atoms with Gasteiger partial charge in [-0.1, -0.05) is 6.92 Å². The number of H-pyrrole nitrogens is 1. The van der Waals surface area contributed by atoms with Crippen LogP contribution in [0.2, 0.25) is 0 Å². The van der Waals surface area contributed by atoms with E-state index in [1.807, 2.05) is 0 Å². The van der Waals surface area contributed by atoms with Gasteiger partial charge in [-0.3, -0.25) is 0 Å². The first-order valence-corrected chi connectivity index (χ1v) is 6.22. The molecule has 2 N–H and O–H groups in total. The summed E-state index contributed by atoms with van der Waals surface area (Å²) in [6, 6.07) is 4.61. The summed E-state index contributed by atoms with van der Waals surface area (Å²) in [5.74, 6) is 0.894. The Morgan fingerprint density at radius 3 is 3.17 bits per heavy atom. The normalized spacial score (nSPS) is 24.1. The molecule has 5 heteroatoms. The minimum Gasteiger partial charge on any atom is -0.394 e. The van der Waals surface area contributed by atoms with Gasteiger partial charge >= 0.3 is 0 Å². The topological polar surface area (TPSA) is 52.2 Å². The lowest BCUT2D eigenvalue weighted by molar-refractivity contribution is 0.244. The molecule has 1 aromatic carbocycles. The van der Waals surface area contributed by atoms with Crippen molar-refractivity contribution in [3.8, 4) is 0 Å². The number of benzene rings is 1. The zero-order valence-corrected chi connectivity index (χ0v) is 10.2. The maximum Gasteiger partial charge on any atom is 0.204 e. The zero-order chi connectivity index (χ0) is 12.7. The number of rotatable bonds is 2. The molecule has 1 aliphatic heterocycles. The van der Waals surface area contributed by atoms with Gasteiger partial charge in [-0.15, -0.1) is 0 Å². The lowest BCUT2D eigenvalue weighted by Crippen LogP contribution is -2.35. The van der Waals surface area contributed by atoms with Gasteiger partial charge in [-0.25, -0.2) is 9.37 Å². The Morgan fingerprint density at radius 1 is 1.56 bits per heavy atom. The van der Waals surface area contributed by atoms with Crippen LogP contribution in [0, 0.1) is 11.7 Å². The Kier molecular flexibility index (Phi) is 2.70. The fraction of sp³-hybridized carbons (Fsp3) is 0.462. The van der Waals surface area contributed by atoms with Crippen molar-refractivity contribution in [2.75, 3.05) is 18.1 Å². The fourth-order valence-electron chi connectivity index (χ4n) is 2.65. The number of aliphatic hydroxyl groups is 1. The van der Waals surface area contributed by atoms with Crippen LogP contribution in [-0.2, 0) is 0 Å². The van der Waals surface area contributed by atoms with Crippen LogP contribution in [0.5, 0.6) is 0 Å². The van der Waals surface area contributed by atoms with Crippen LogP contribution in [0.4, 0.5) is 10.3 Å². The van der Waals surface area contributed by atoms with E-state index in [9.17, 15) is 9.50 Å². The number of aliphatic hydroxyl groups excluding tert-OH is 1. The molecule has 0 aliphatic carbocycles. The summed E-state index contributed by atoms with van der Waals surface area (Å²) in [5, 5.41) is 9.44. The molecule has 2 atom stereocenters. The molecule has 0 amide bonds. The Morgan fingerprint density at radius 2 is 2.39 bits per heavy atom. The van der Waals surface area contributed by atoms with E-state index < -0.39 is 0 Å². The molecule has 1 aliphatic rings. The molecule has 1 fully saturated rings. The second-order valence-corrected chi connectivity index (χ2v) is 4.93. The Bertz CT molecular complexity index is 568. The summed E-state index contributed by atoms with van der Waals surface area (Å²) in [5.41, 5.74) is 1.45. The number of nitrogens with zero attached hydrogens (tertiary/aromatic N) is 2. The van der Waals surface area contributed by atoms with Gasteiger partial charge in [0.1, 0.15) is 5.82 Å². The average molecular weight is 249 g/mol. The second kappa shape index (κ2) is 4.24. The van der Waals surface area contributed by atoms with E-state index in [4.69, 9.17) is 0 Å². The van der Waals surface area contributed by atoms with E-state index in [1.54, 1.807) is 6.07 Å². The molecular formula is C13H16FN3O. The van der Waals surface area contributed by atoms with E-state index in [2.05, 4.69) is 21.8 Å². The van der Waals surface area contributed by atoms with Gasteiger partial charge in [0.2, 0.25) is 5.95 Å². The van der Waals surface area contributed by atoms with Crippen molar-refractivity contribution in [2.45, 2.75) is 19.4 Å². The first-order valence-electron chi connectivity index (χ1n) is 6.22. The maximum atomic E-state index is 13.1. The van der Waals surface area contributed by atoms with Crippen molar-refractivity contribution in [1.29, 1.82) is 0 Å². The predicted octanol–water partition coefficient (Wildman–Crippen LogP) is 1.91. The van der Waals surface area contributed by atoms with Gasteiger partial charge < -0.3 is 15.0 Å². The first-order chi connectivity index (χ1) is 8.69. The minimum absolute atomic E-state index is 0.0930. The van der Waals surface area contributed by atoms with Crippen LogP contribution < -0.4 is 4.90 Å². The zero-order valence-electron chi connectivity index (χ0n) is 10.2. The lowest BCUT2D eigenvalue weighted by Gasteiger charge is -2.24. The summed E-state index contributed by atoms with van der Waals surface area (Å²) in [4.78, 5) is 9.66. The van der Waals surface area contributed by atoms with Crippen LogP contribution in [0.3, 0.4) is 0 Å². The Hall–Kier alpha value is -1.62. The molecule has 96 valence electrons. The van der Waals surface area contributed by atoms with Crippen molar-refractivity contribution in [2.24, 2.45) is 5.92 Å². The van der Waals surface area contributed by atoms with Crippen molar-refractivity contribution in [1.82, 2.24) is 9.97 Å². The van der Waals surface area contributed by atoms with Gasteiger partial charge in [-0.05, 0) is 30.5 Å². The highest BCUT2D eigenvalue weighted by Gasteiger charge is 2.32. The van der Waals surface area contributed by atoms with Crippen molar-refractivity contribution >= 4 is 17.0 Å². The van der Waals surface area contributed by atoms with Gasteiger partial charge in [-0.2, -0.15) is 0 Å². The molecule has 0 spiro atoms. The van der Waals surface area contributed by atoms with Gasteiger partial charge in [0.15, 0.2) is 0 Å². The molecule has 2 heterocycles. The largest absolute Gasteiger partial charge is 0.394 e. The number of anilines is 1. The molecule has 0 saturated carbocycles. The maximum absolute atomic E-state index is 13.1. The van der Waals surface area contributed by atoms with E-state index >= 15 is 0 Å². The summed E-state index contributed by atoms with van der Waals surface area (Å²) in [7, 11) is 0. The standard InChI is InChI=1S/C13H16FN3O/c1-8-4-5-17(12(8)7-18)13-15-10-3-2-9(14)6-11(10)16-13/h2-3,6,8,12,18H,4-5,7H2,1H3,(H,15,16). The lowest BCUT2D eigenvalue weighted by atomic mass is 10.0. The minimum atomic E-state index is -0.272. The van der Waals surface area contributed by atoms with E-state index in [0.717, 1.165) is 24.4 Å². The Labute approximate surface area is 104 Å². The summed E-state index contributed by atoms with van der Waals surface area (Å²) in [6.07, 6.45) is 1.04. The van der Waals surface area contributed by atoms with E-state index in [1.165, 1.54) is 12.1 Å². The number of imidazole rings is 1. The number of nitrogens with one attached hydrogen (secondary N) is 1. The van der Waals surface area contributed by atoms with Crippen LogP contribution in [-0.4, -0.2) is 34.3 Å². The van der Waals surface area contributed by atoms with Crippen LogP contribution >= 0.6 is 0 Å². The molecule has 1 aromatic heterocycles. The van der Waals surface area contributed by atoms with Crippen molar-refractivity contribution in [3.63, 3.8) is 0 Å². The van der Waals surface area contributed by atoms with Crippen molar-refractivity contribution < 1.29 is 9.50 Å². The van der Waals surface area contributed by atoms with Gasteiger partial charge in [0.05, 0.1) is 23.7 Å². The smallest absolute Gasteiger partial charge is 0.204 e. The summed E-state index contributed by atoms with van der Waals surface area (Å²) in [6.45, 7) is 3.12. The van der Waals surface area contributed by atoms with Crippen LogP contribution in [0.25, 0.3) is 11.0 Å². The predicted molar refractivity (Wildman–Crippen MR) is 68.1 cm³/mol. The van der Waals surface area contributed by atoms with Gasteiger partial charge in [0.25, 0.3) is 0 Å². The quantitative estimate of drug-likeness (QED) is 0.854. The summed E-state index contributed by atoms with van der Waals surface area (Å²) < 4.78 is 13.1. The third-order valence-electron chi connectivity index (χ3n) is 3.77. The highest BCUT2D eigenvalue weighted by Crippen LogP contribution is 2.29. The molecule has 0 bridgehead atoms. The van der Waals surface area contributed by atoms with Crippen molar-refractivity contribution in [3.05, 3.63) is 24.0 Å². The monoisotopic (exact) mass is 249 g/mol. The number of fused-ring (bicyclic) bond motifs is 1. The number of aromatic nitrogens is 2. The SMILES string of the molecule is CC1CCN(c2nc3ccc(F)cc3[nH]2)C1CO. The Balaban J connectivity index is 1.99.